The Kier molecular flexibility index (Phi) is 6.09. The van der Waals surface area contributed by atoms with E-state index in [2.05, 4.69) is 0 Å². The van der Waals surface area contributed by atoms with Gasteiger partial charge >= 0.3 is 5.97 Å². The molecular weight excluding hydrogens is 304 g/mol. The van der Waals surface area contributed by atoms with Crippen molar-refractivity contribution < 1.29 is 23.9 Å². The summed E-state index contributed by atoms with van der Waals surface area (Å²) >= 11 is 0. The van der Waals surface area contributed by atoms with Crippen molar-refractivity contribution in [2.75, 3.05) is 14.2 Å². The van der Waals surface area contributed by atoms with E-state index in [1.165, 1.54) is 20.3 Å². The predicted molar refractivity (Wildman–Crippen MR) is 81.0 cm³/mol. The van der Waals surface area contributed by atoms with Gasteiger partial charge in [0.15, 0.2) is 11.5 Å². The van der Waals surface area contributed by atoms with Crippen LogP contribution in [0.5, 0.6) is 11.5 Å². The molecule has 0 bridgehead atoms. The Morgan fingerprint density at radius 1 is 1.30 bits per heavy atom. The quantitative estimate of drug-likeness (QED) is 0.260. The van der Waals surface area contributed by atoms with Gasteiger partial charge in [-0.15, -0.1) is 0 Å². The summed E-state index contributed by atoms with van der Waals surface area (Å²) < 4.78 is 15.0. The number of benzene rings is 1. The van der Waals surface area contributed by atoms with Gasteiger partial charge in [-0.1, -0.05) is 0 Å². The van der Waals surface area contributed by atoms with E-state index in [1.807, 2.05) is 0 Å². The first-order valence-corrected chi connectivity index (χ1v) is 6.57. The molecule has 0 spiro atoms. The lowest BCUT2D eigenvalue weighted by Crippen LogP contribution is -2.12. The van der Waals surface area contributed by atoms with Crippen LogP contribution in [-0.4, -0.2) is 31.2 Å². The number of nitro groups is 1. The van der Waals surface area contributed by atoms with Crippen LogP contribution in [0.4, 0.5) is 5.69 Å². The molecule has 0 atom stereocenters. The smallest absolute Gasteiger partial charge is 0.349 e. The number of hydrogen-bond donors (Lipinski definition) is 0. The van der Waals surface area contributed by atoms with Gasteiger partial charge in [-0.05, 0) is 26.0 Å². The van der Waals surface area contributed by atoms with Gasteiger partial charge in [0.05, 0.1) is 36.9 Å². The Hall–Kier alpha value is -3.08. The molecule has 0 amide bonds. The van der Waals surface area contributed by atoms with E-state index in [0.717, 1.165) is 12.1 Å². The first-order valence-electron chi connectivity index (χ1n) is 6.57. The van der Waals surface area contributed by atoms with E-state index >= 15 is 0 Å². The zero-order chi connectivity index (χ0) is 17.6. The van der Waals surface area contributed by atoms with Gasteiger partial charge in [-0.25, -0.2) is 4.79 Å². The van der Waals surface area contributed by atoms with Crippen LogP contribution in [0.1, 0.15) is 19.4 Å². The lowest BCUT2D eigenvalue weighted by molar-refractivity contribution is -0.385. The van der Waals surface area contributed by atoms with Crippen molar-refractivity contribution in [3.05, 3.63) is 33.4 Å². The fourth-order valence-corrected chi connectivity index (χ4v) is 1.73. The van der Waals surface area contributed by atoms with Gasteiger partial charge in [0, 0.05) is 0 Å². The van der Waals surface area contributed by atoms with Crippen molar-refractivity contribution in [2.24, 2.45) is 0 Å². The van der Waals surface area contributed by atoms with Gasteiger partial charge in [-0.3, -0.25) is 10.1 Å². The average molecular weight is 320 g/mol. The fourth-order valence-electron chi connectivity index (χ4n) is 1.73. The highest BCUT2D eigenvalue weighted by atomic mass is 16.6. The lowest BCUT2D eigenvalue weighted by atomic mass is 10.1. The first kappa shape index (κ1) is 18.0. The van der Waals surface area contributed by atoms with Gasteiger partial charge in [-0.2, -0.15) is 5.26 Å². The highest BCUT2D eigenvalue weighted by Gasteiger charge is 2.21. The van der Waals surface area contributed by atoms with Crippen molar-refractivity contribution >= 4 is 17.7 Å². The van der Waals surface area contributed by atoms with E-state index in [4.69, 9.17) is 19.5 Å². The average Bonchev–Trinajstić information content (AvgIpc) is 2.50. The number of carbonyl (C=O) groups excluding carboxylic acids is 1. The molecule has 0 aromatic heterocycles. The number of methoxy groups -OCH3 is 2. The third-order valence-corrected chi connectivity index (χ3v) is 2.71. The molecule has 0 aliphatic heterocycles. The number of nitrogens with zero attached hydrogens (tertiary/aromatic N) is 2. The number of nitriles is 1. The summed E-state index contributed by atoms with van der Waals surface area (Å²) in [4.78, 5) is 22.4. The number of ether oxygens (including phenoxy) is 3. The van der Waals surface area contributed by atoms with Crippen LogP contribution >= 0.6 is 0 Å². The first-order chi connectivity index (χ1) is 10.8. The van der Waals surface area contributed by atoms with Gasteiger partial charge in [0.2, 0.25) is 0 Å². The molecule has 1 aromatic rings. The highest BCUT2D eigenvalue weighted by Crippen LogP contribution is 2.35. The minimum absolute atomic E-state index is 0.0323. The number of carbonyl (C=O) groups is 1. The van der Waals surface area contributed by atoms with Crippen LogP contribution < -0.4 is 9.47 Å². The summed E-state index contributed by atoms with van der Waals surface area (Å²) in [7, 11) is 2.72. The Balaban J connectivity index is 3.45. The summed E-state index contributed by atoms with van der Waals surface area (Å²) in [6, 6.07) is 4.16. The number of hydrogen-bond acceptors (Lipinski definition) is 7. The summed E-state index contributed by atoms with van der Waals surface area (Å²) in [5.41, 5.74) is -0.647. The molecule has 1 rings (SSSR count). The molecule has 0 N–H and O–H groups in total. The molecule has 0 saturated carbocycles. The minimum atomic E-state index is -0.855. The molecule has 122 valence electrons. The Bertz CT molecular complexity index is 688. The molecule has 0 saturated heterocycles. The Labute approximate surface area is 133 Å². The maximum absolute atomic E-state index is 11.8. The van der Waals surface area contributed by atoms with E-state index < -0.39 is 17.0 Å². The number of rotatable bonds is 6. The predicted octanol–water partition coefficient (Wildman–Crippen LogP) is 2.47. The third-order valence-electron chi connectivity index (χ3n) is 2.71. The molecule has 0 fully saturated rings. The molecular formula is C15H16N2O6. The van der Waals surface area contributed by atoms with Crippen molar-refractivity contribution in [3.8, 4) is 17.6 Å². The van der Waals surface area contributed by atoms with Crippen molar-refractivity contribution in [1.29, 1.82) is 5.26 Å². The monoisotopic (exact) mass is 320 g/mol. The molecule has 0 aliphatic carbocycles. The van der Waals surface area contributed by atoms with E-state index in [1.54, 1.807) is 19.9 Å². The number of nitro benzene ring substituents is 1. The standard InChI is InChI=1S/C15H16N2O6/c1-9(2)23-15(18)11(8-16)5-10-6-13(21-3)14(22-4)7-12(10)17(19)20/h5-7,9H,1-4H3/b11-5+. The van der Waals surface area contributed by atoms with Crippen molar-refractivity contribution in [2.45, 2.75) is 20.0 Å². The van der Waals surface area contributed by atoms with Crippen LogP contribution in [0.25, 0.3) is 6.08 Å². The van der Waals surface area contributed by atoms with Crippen LogP contribution in [0.3, 0.4) is 0 Å². The molecule has 0 heterocycles. The second kappa shape index (κ2) is 7.79. The zero-order valence-electron chi connectivity index (χ0n) is 13.2. The molecule has 0 unspecified atom stereocenters. The molecule has 23 heavy (non-hydrogen) atoms. The van der Waals surface area contributed by atoms with Crippen molar-refractivity contribution in [3.63, 3.8) is 0 Å². The topological polar surface area (TPSA) is 112 Å². The Morgan fingerprint density at radius 2 is 1.87 bits per heavy atom. The second-order valence-corrected chi connectivity index (χ2v) is 4.65. The SMILES string of the molecule is COc1cc(/C=C(\C#N)C(=O)OC(C)C)c([N+](=O)[O-])cc1OC. The third kappa shape index (κ3) is 4.44. The molecule has 1 aromatic carbocycles. The minimum Gasteiger partial charge on any atom is -0.493 e. The zero-order valence-corrected chi connectivity index (χ0v) is 13.2. The molecule has 8 nitrogen and oxygen atoms in total. The van der Waals surface area contributed by atoms with Gasteiger partial charge < -0.3 is 14.2 Å². The molecule has 8 heteroatoms. The van der Waals surface area contributed by atoms with Crippen LogP contribution in [0, 0.1) is 21.4 Å². The Morgan fingerprint density at radius 3 is 2.30 bits per heavy atom. The number of esters is 1. The van der Waals surface area contributed by atoms with E-state index in [9.17, 15) is 14.9 Å². The van der Waals surface area contributed by atoms with Crippen LogP contribution in [-0.2, 0) is 9.53 Å². The normalized spacial score (nSPS) is 10.9. The van der Waals surface area contributed by atoms with Crippen LogP contribution in [0.15, 0.2) is 17.7 Å². The summed E-state index contributed by atoms with van der Waals surface area (Å²) in [5.74, 6) is -0.454. The summed E-state index contributed by atoms with van der Waals surface area (Å²) in [6.07, 6.45) is 0.671. The lowest BCUT2D eigenvalue weighted by Gasteiger charge is -2.09. The summed E-state index contributed by atoms with van der Waals surface area (Å²) in [6.45, 7) is 3.26. The molecule has 0 aliphatic rings. The maximum Gasteiger partial charge on any atom is 0.349 e. The summed E-state index contributed by atoms with van der Waals surface area (Å²) in [5, 5.41) is 20.3. The maximum atomic E-state index is 11.8. The van der Waals surface area contributed by atoms with E-state index in [0.29, 0.717) is 0 Å². The fraction of sp³-hybridized carbons (Fsp3) is 0.333. The largest absolute Gasteiger partial charge is 0.493 e. The van der Waals surface area contributed by atoms with Crippen molar-refractivity contribution in [1.82, 2.24) is 0 Å². The van der Waals surface area contributed by atoms with E-state index in [-0.39, 0.29) is 28.3 Å². The molecule has 0 radical (unpaired) electrons. The van der Waals surface area contributed by atoms with Gasteiger partial charge in [0.1, 0.15) is 11.6 Å². The highest BCUT2D eigenvalue weighted by molar-refractivity contribution is 5.98. The van der Waals surface area contributed by atoms with Crippen LogP contribution in [0.2, 0.25) is 0 Å². The van der Waals surface area contributed by atoms with Gasteiger partial charge in [0.25, 0.3) is 5.69 Å². The second-order valence-electron chi connectivity index (χ2n) is 4.65.